The molecule has 2 fully saturated rings. The number of alkyl halides is 2. The maximum atomic E-state index is 13.5. The van der Waals surface area contributed by atoms with Crippen molar-refractivity contribution in [2.24, 2.45) is 7.05 Å². The van der Waals surface area contributed by atoms with Crippen LogP contribution in [0.2, 0.25) is 0 Å². The summed E-state index contributed by atoms with van der Waals surface area (Å²) in [6.07, 6.45) is 9.36. The number of carbonyl (C=O) groups is 1. The van der Waals surface area contributed by atoms with Gasteiger partial charge in [-0.15, -0.1) is 0 Å². The van der Waals surface area contributed by atoms with Gasteiger partial charge in [0.25, 0.3) is 11.8 Å². The van der Waals surface area contributed by atoms with Crippen LogP contribution in [-0.2, 0) is 17.4 Å². The molecule has 9 nitrogen and oxygen atoms in total. The Morgan fingerprint density at radius 3 is 2.67 bits per heavy atom. The number of aromatic nitrogens is 6. The van der Waals surface area contributed by atoms with Gasteiger partial charge >= 0.3 is 0 Å². The van der Waals surface area contributed by atoms with Gasteiger partial charge in [-0.25, -0.2) is 18.7 Å². The minimum atomic E-state index is -2.81. The number of nitrogens with one attached hydrogen (secondary N) is 1. The van der Waals surface area contributed by atoms with E-state index in [0.29, 0.717) is 24.5 Å². The minimum Gasteiger partial charge on any atom is -0.334 e. The molecule has 1 saturated carbocycles. The normalized spacial score (nSPS) is 19.1. The Labute approximate surface area is 170 Å². The summed E-state index contributed by atoms with van der Waals surface area (Å²) in [5.74, 6) is -2.68. The van der Waals surface area contributed by atoms with Crippen LogP contribution in [-0.4, -0.2) is 59.3 Å². The predicted molar refractivity (Wildman–Crippen MR) is 103 cm³/mol. The standard InChI is InChI=1S/C19H20F2N8O/c1-27-11-14(9-23-27)25-17-22-6-2-15(26-17)13-8-24-29(10-13)18(3-4-18)16(30)28-7-5-19(20,21)12-28/h2,6,8-11H,3-5,7,12H2,1H3,(H,22,25,26). The van der Waals surface area contributed by atoms with E-state index in [2.05, 4.69) is 25.5 Å². The lowest BCUT2D eigenvalue weighted by Crippen LogP contribution is -2.42. The van der Waals surface area contributed by atoms with Crippen LogP contribution in [0.15, 0.2) is 37.1 Å². The molecule has 0 atom stereocenters. The van der Waals surface area contributed by atoms with E-state index in [9.17, 15) is 13.6 Å². The van der Waals surface area contributed by atoms with Gasteiger partial charge in [0.15, 0.2) is 0 Å². The highest BCUT2D eigenvalue weighted by atomic mass is 19.3. The Hall–Kier alpha value is -3.37. The largest absolute Gasteiger partial charge is 0.334 e. The molecule has 1 aliphatic carbocycles. The Kier molecular flexibility index (Phi) is 4.09. The summed E-state index contributed by atoms with van der Waals surface area (Å²) in [6.45, 7) is -0.437. The Balaban J connectivity index is 1.36. The van der Waals surface area contributed by atoms with Crippen molar-refractivity contribution in [3.63, 3.8) is 0 Å². The molecule has 5 rings (SSSR count). The van der Waals surface area contributed by atoms with E-state index in [1.54, 1.807) is 46.4 Å². The molecule has 11 heteroatoms. The van der Waals surface area contributed by atoms with Crippen LogP contribution in [0, 0.1) is 0 Å². The zero-order valence-corrected chi connectivity index (χ0v) is 16.3. The van der Waals surface area contributed by atoms with E-state index in [0.717, 1.165) is 11.3 Å². The number of halogens is 2. The molecule has 0 spiro atoms. The average molecular weight is 414 g/mol. The first-order valence-corrected chi connectivity index (χ1v) is 9.66. The third-order valence-corrected chi connectivity index (χ3v) is 5.51. The molecule has 2 aliphatic rings. The molecular formula is C19H20F2N8O. The molecule has 1 aliphatic heterocycles. The molecule has 0 radical (unpaired) electrons. The fourth-order valence-electron chi connectivity index (χ4n) is 3.75. The van der Waals surface area contributed by atoms with E-state index in [1.165, 1.54) is 4.90 Å². The Bertz CT molecular complexity index is 1100. The number of aryl methyl sites for hydroxylation is 1. The van der Waals surface area contributed by atoms with Crippen LogP contribution in [0.5, 0.6) is 0 Å². The van der Waals surface area contributed by atoms with Crippen molar-refractivity contribution >= 4 is 17.5 Å². The smallest absolute Gasteiger partial charge is 0.267 e. The fourth-order valence-corrected chi connectivity index (χ4v) is 3.75. The van der Waals surface area contributed by atoms with Crippen LogP contribution < -0.4 is 5.32 Å². The summed E-state index contributed by atoms with van der Waals surface area (Å²) >= 11 is 0. The van der Waals surface area contributed by atoms with Crippen molar-refractivity contribution in [2.75, 3.05) is 18.4 Å². The zero-order valence-electron chi connectivity index (χ0n) is 16.3. The van der Waals surface area contributed by atoms with Crippen molar-refractivity contribution in [2.45, 2.75) is 30.7 Å². The minimum absolute atomic E-state index is 0.0803. The second-order valence-electron chi connectivity index (χ2n) is 7.83. The number of carbonyl (C=O) groups excluding carboxylic acids is 1. The van der Waals surface area contributed by atoms with E-state index in [1.807, 2.05) is 7.05 Å². The first kappa shape index (κ1) is 18.6. The van der Waals surface area contributed by atoms with Gasteiger partial charge in [-0.05, 0) is 18.9 Å². The summed E-state index contributed by atoms with van der Waals surface area (Å²) in [4.78, 5) is 22.9. The molecule has 0 bridgehead atoms. The molecule has 0 aromatic carbocycles. The highest BCUT2D eigenvalue weighted by molar-refractivity contribution is 5.87. The van der Waals surface area contributed by atoms with Crippen LogP contribution in [0.4, 0.5) is 20.4 Å². The molecule has 0 unspecified atom stereocenters. The average Bonchev–Trinajstić information content (AvgIpc) is 3.03. The topological polar surface area (TPSA) is 93.8 Å². The van der Waals surface area contributed by atoms with Gasteiger partial charge in [-0.1, -0.05) is 0 Å². The third kappa shape index (κ3) is 3.29. The molecule has 1 amide bonds. The number of rotatable bonds is 5. The van der Waals surface area contributed by atoms with Crippen LogP contribution >= 0.6 is 0 Å². The van der Waals surface area contributed by atoms with Crippen molar-refractivity contribution in [3.8, 4) is 11.3 Å². The molecule has 1 saturated heterocycles. The highest BCUT2D eigenvalue weighted by Crippen LogP contribution is 2.46. The van der Waals surface area contributed by atoms with Crippen LogP contribution in [0.3, 0.4) is 0 Å². The Morgan fingerprint density at radius 2 is 2.00 bits per heavy atom. The predicted octanol–water partition coefficient (Wildman–Crippen LogP) is 2.17. The lowest BCUT2D eigenvalue weighted by atomic mass is 10.2. The number of amides is 1. The second kappa shape index (κ2) is 6.57. The SMILES string of the molecule is Cn1cc(Nc2nccc(-c3cnn(C4(C(=O)N5CCC(F)(F)C5)CC4)c3)n2)cn1. The van der Waals surface area contributed by atoms with E-state index >= 15 is 0 Å². The zero-order chi connectivity index (χ0) is 20.9. The second-order valence-corrected chi connectivity index (χ2v) is 7.83. The fraction of sp³-hybridized carbons (Fsp3) is 0.421. The van der Waals surface area contributed by atoms with Gasteiger partial charge in [-0.2, -0.15) is 10.2 Å². The van der Waals surface area contributed by atoms with Gasteiger partial charge in [0.05, 0.1) is 30.3 Å². The van der Waals surface area contributed by atoms with E-state index in [-0.39, 0.29) is 18.9 Å². The number of hydrogen-bond donors (Lipinski definition) is 1. The number of likely N-dealkylation sites (tertiary alicyclic amines) is 1. The van der Waals surface area contributed by atoms with E-state index < -0.39 is 18.0 Å². The molecule has 1 N–H and O–H groups in total. The summed E-state index contributed by atoms with van der Waals surface area (Å²) < 4.78 is 30.4. The first-order chi connectivity index (χ1) is 14.3. The van der Waals surface area contributed by atoms with Crippen molar-refractivity contribution in [3.05, 3.63) is 37.1 Å². The van der Waals surface area contributed by atoms with Gasteiger partial charge < -0.3 is 10.2 Å². The molecule has 3 aromatic rings. The summed E-state index contributed by atoms with van der Waals surface area (Å²) in [7, 11) is 1.81. The molecule has 4 heterocycles. The maximum Gasteiger partial charge on any atom is 0.267 e. The number of nitrogens with zero attached hydrogens (tertiary/aromatic N) is 7. The van der Waals surface area contributed by atoms with Gasteiger partial charge in [0.2, 0.25) is 5.95 Å². The molecular weight excluding hydrogens is 394 g/mol. The Morgan fingerprint density at radius 1 is 1.17 bits per heavy atom. The van der Waals surface area contributed by atoms with Crippen molar-refractivity contribution in [1.82, 2.24) is 34.4 Å². The van der Waals surface area contributed by atoms with Crippen molar-refractivity contribution < 1.29 is 13.6 Å². The number of hydrogen-bond acceptors (Lipinski definition) is 6. The van der Waals surface area contributed by atoms with Crippen LogP contribution in [0.25, 0.3) is 11.3 Å². The lowest BCUT2D eigenvalue weighted by molar-refractivity contribution is -0.137. The highest BCUT2D eigenvalue weighted by Gasteiger charge is 2.56. The van der Waals surface area contributed by atoms with Gasteiger partial charge in [-0.3, -0.25) is 14.2 Å². The van der Waals surface area contributed by atoms with Crippen LogP contribution in [0.1, 0.15) is 19.3 Å². The third-order valence-electron chi connectivity index (χ3n) is 5.51. The molecule has 3 aromatic heterocycles. The maximum absolute atomic E-state index is 13.5. The summed E-state index contributed by atoms with van der Waals surface area (Å²) in [5, 5.41) is 11.5. The molecule has 156 valence electrons. The van der Waals surface area contributed by atoms with E-state index in [4.69, 9.17) is 0 Å². The number of anilines is 2. The lowest BCUT2D eigenvalue weighted by Gasteiger charge is -2.23. The van der Waals surface area contributed by atoms with Gasteiger partial charge in [0, 0.05) is 44.2 Å². The summed E-state index contributed by atoms with van der Waals surface area (Å²) in [6, 6.07) is 1.75. The molecule has 30 heavy (non-hydrogen) atoms. The summed E-state index contributed by atoms with van der Waals surface area (Å²) in [5.41, 5.74) is 1.26. The van der Waals surface area contributed by atoms with Crippen molar-refractivity contribution in [1.29, 1.82) is 0 Å². The first-order valence-electron chi connectivity index (χ1n) is 9.66. The monoisotopic (exact) mass is 414 g/mol. The van der Waals surface area contributed by atoms with Gasteiger partial charge in [0.1, 0.15) is 5.54 Å². The quantitative estimate of drug-likeness (QED) is 0.688.